The first-order chi connectivity index (χ1) is 11.0. The summed E-state index contributed by atoms with van der Waals surface area (Å²) in [5.74, 6) is -0.602. The Bertz CT molecular complexity index is 1060. The highest BCUT2D eigenvalue weighted by molar-refractivity contribution is 7.92. The number of nitrogens with zero attached hydrogens (tertiary/aromatic N) is 1. The molecule has 4 rings (SSSR count). The minimum atomic E-state index is -3.73. The van der Waals surface area contributed by atoms with Crippen molar-refractivity contribution in [3.05, 3.63) is 58.6 Å². The molecule has 0 saturated carbocycles. The van der Waals surface area contributed by atoms with Crippen molar-refractivity contribution in [3.63, 3.8) is 0 Å². The Morgan fingerprint density at radius 3 is 2.83 bits per heavy atom. The lowest BCUT2D eigenvalue weighted by Gasteiger charge is -2.24. The average Bonchev–Trinajstić information content (AvgIpc) is 3.04. The number of rotatable bonds is 2. The van der Waals surface area contributed by atoms with Crippen molar-refractivity contribution >= 4 is 26.8 Å². The number of nitrogens with one attached hydrogen (secondary N) is 1. The minimum Gasteiger partial charge on any atom is -0.408 e. The lowest BCUT2D eigenvalue weighted by molar-refractivity contribution is 0.553. The molecule has 118 valence electrons. The van der Waals surface area contributed by atoms with Crippen LogP contribution in [0.3, 0.4) is 0 Å². The number of sulfonamides is 1. The Morgan fingerprint density at radius 2 is 2.00 bits per heavy atom. The molecule has 1 atom stereocenters. The van der Waals surface area contributed by atoms with E-state index in [-0.39, 0.29) is 16.5 Å². The highest BCUT2D eigenvalue weighted by atomic mass is 32.2. The van der Waals surface area contributed by atoms with Gasteiger partial charge in [0, 0.05) is 12.1 Å². The predicted molar refractivity (Wildman–Crippen MR) is 86.1 cm³/mol. The second-order valence-electron chi connectivity index (χ2n) is 5.66. The number of para-hydroxylation sites is 1. The maximum atomic E-state index is 13.1. The van der Waals surface area contributed by atoms with Crippen LogP contribution in [-0.2, 0) is 16.4 Å². The Balaban J connectivity index is 1.87. The molecule has 7 heteroatoms. The van der Waals surface area contributed by atoms with Gasteiger partial charge < -0.3 is 4.42 Å². The molecule has 0 unspecified atom stereocenters. The molecule has 1 aliphatic heterocycles. The first-order valence-electron chi connectivity index (χ1n) is 7.22. The zero-order valence-electron chi connectivity index (χ0n) is 12.3. The molecule has 1 N–H and O–H groups in total. The van der Waals surface area contributed by atoms with Gasteiger partial charge in [-0.05, 0) is 37.1 Å². The van der Waals surface area contributed by atoms with Gasteiger partial charge in [-0.25, -0.2) is 13.2 Å². The lowest BCUT2D eigenvalue weighted by Crippen LogP contribution is -2.35. The number of hydrogen-bond acceptors (Lipinski definition) is 4. The molecule has 2 heterocycles. The maximum Gasteiger partial charge on any atom is 0.417 e. The monoisotopic (exact) mass is 330 g/mol. The number of H-pyrrole nitrogens is 1. The molecule has 0 amide bonds. The van der Waals surface area contributed by atoms with Gasteiger partial charge in [0.1, 0.15) is 0 Å². The molecule has 0 bridgehead atoms. The number of oxazole rings is 1. The van der Waals surface area contributed by atoms with E-state index in [1.165, 1.54) is 16.4 Å². The van der Waals surface area contributed by atoms with E-state index in [1.54, 1.807) is 6.07 Å². The molecule has 0 aliphatic carbocycles. The minimum absolute atomic E-state index is 0.108. The molecule has 0 saturated heterocycles. The number of hydrogen-bond donors (Lipinski definition) is 1. The van der Waals surface area contributed by atoms with E-state index in [0.717, 1.165) is 5.56 Å². The van der Waals surface area contributed by atoms with Crippen LogP contribution in [0.25, 0.3) is 11.1 Å². The standard InChI is InChI=1S/C16H14N2O4S/c1-10-8-11-4-2-3-5-14(11)18(10)23(20,21)12-6-7-13-15(9-12)22-16(19)17-13/h2-7,9-10H,8H2,1H3,(H,17,19)/t10-/m1/s1. The average molecular weight is 330 g/mol. The smallest absolute Gasteiger partial charge is 0.408 e. The predicted octanol–water partition coefficient (Wildman–Crippen LogP) is 2.26. The molecule has 0 radical (unpaired) electrons. The number of benzene rings is 2. The van der Waals surface area contributed by atoms with Gasteiger partial charge in [-0.1, -0.05) is 18.2 Å². The number of fused-ring (bicyclic) bond motifs is 2. The van der Waals surface area contributed by atoms with Crippen LogP contribution >= 0.6 is 0 Å². The summed E-state index contributed by atoms with van der Waals surface area (Å²) in [6.45, 7) is 1.88. The van der Waals surface area contributed by atoms with Crippen LogP contribution < -0.4 is 10.1 Å². The van der Waals surface area contributed by atoms with Gasteiger partial charge in [-0.3, -0.25) is 9.29 Å². The third-order valence-electron chi connectivity index (χ3n) is 4.09. The summed E-state index contributed by atoms with van der Waals surface area (Å²) in [7, 11) is -3.73. The van der Waals surface area contributed by atoms with E-state index in [9.17, 15) is 13.2 Å². The summed E-state index contributed by atoms with van der Waals surface area (Å²) in [4.78, 5) is 13.8. The molecule has 6 nitrogen and oxygen atoms in total. The highest BCUT2D eigenvalue weighted by Gasteiger charge is 2.36. The van der Waals surface area contributed by atoms with E-state index >= 15 is 0 Å². The maximum absolute atomic E-state index is 13.1. The largest absolute Gasteiger partial charge is 0.417 e. The van der Waals surface area contributed by atoms with Gasteiger partial charge in [-0.15, -0.1) is 0 Å². The zero-order valence-corrected chi connectivity index (χ0v) is 13.1. The SMILES string of the molecule is C[C@@H]1Cc2ccccc2N1S(=O)(=O)c1ccc2[nH]c(=O)oc2c1. The van der Waals surface area contributed by atoms with Crippen LogP contribution in [0.4, 0.5) is 5.69 Å². The van der Waals surface area contributed by atoms with Gasteiger partial charge in [-0.2, -0.15) is 0 Å². The zero-order chi connectivity index (χ0) is 16.2. The van der Waals surface area contributed by atoms with Crippen molar-refractivity contribution in [1.82, 2.24) is 4.98 Å². The normalized spacial score (nSPS) is 17.6. The van der Waals surface area contributed by atoms with E-state index in [1.807, 2.05) is 31.2 Å². The molecule has 0 spiro atoms. The molecular formula is C16H14N2O4S. The van der Waals surface area contributed by atoms with Crippen LogP contribution in [0, 0.1) is 0 Å². The van der Waals surface area contributed by atoms with Crippen molar-refractivity contribution in [1.29, 1.82) is 0 Å². The Labute approximate surface area is 132 Å². The molecule has 23 heavy (non-hydrogen) atoms. The van der Waals surface area contributed by atoms with E-state index < -0.39 is 15.8 Å². The van der Waals surface area contributed by atoms with Crippen LogP contribution in [0.5, 0.6) is 0 Å². The van der Waals surface area contributed by atoms with Crippen LogP contribution in [0.2, 0.25) is 0 Å². The molecule has 3 aromatic rings. The molecule has 1 aromatic heterocycles. The van der Waals surface area contributed by atoms with E-state index in [0.29, 0.717) is 17.6 Å². The summed E-state index contributed by atoms with van der Waals surface area (Å²) >= 11 is 0. The molecule has 1 aliphatic rings. The van der Waals surface area contributed by atoms with Crippen LogP contribution in [0.15, 0.2) is 56.6 Å². The first-order valence-corrected chi connectivity index (χ1v) is 8.66. The van der Waals surface area contributed by atoms with Gasteiger partial charge in [0.15, 0.2) is 5.58 Å². The van der Waals surface area contributed by atoms with Crippen molar-refractivity contribution in [2.75, 3.05) is 4.31 Å². The van der Waals surface area contributed by atoms with E-state index in [2.05, 4.69) is 4.98 Å². The Morgan fingerprint density at radius 1 is 1.22 bits per heavy atom. The van der Waals surface area contributed by atoms with Crippen molar-refractivity contribution < 1.29 is 12.8 Å². The fraction of sp³-hybridized carbons (Fsp3) is 0.188. The fourth-order valence-electron chi connectivity index (χ4n) is 3.10. The Kier molecular flexibility index (Phi) is 2.89. The van der Waals surface area contributed by atoms with Gasteiger partial charge in [0.2, 0.25) is 0 Å². The lowest BCUT2D eigenvalue weighted by atomic mass is 10.1. The number of anilines is 1. The third kappa shape index (κ3) is 2.08. The highest BCUT2D eigenvalue weighted by Crippen LogP contribution is 2.36. The van der Waals surface area contributed by atoms with Gasteiger partial charge in [0.25, 0.3) is 10.0 Å². The van der Waals surface area contributed by atoms with Crippen molar-refractivity contribution in [2.24, 2.45) is 0 Å². The van der Waals surface area contributed by atoms with Crippen molar-refractivity contribution in [3.8, 4) is 0 Å². The summed E-state index contributed by atoms with van der Waals surface area (Å²) in [5, 5.41) is 0. The van der Waals surface area contributed by atoms with Gasteiger partial charge in [0.05, 0.1) is 16.1 Å². The van der Waals surface area contributed by atoms with Crippen LogP contribution in [0.1, 0.15) is 12.5 Å². The van der Waals surface area contributed by atoms with Crippen molar-refractivity contribution in [2.45, 2.75) is 24.3 Å². The fourth-order valence-corrected chi connectivity index (χ4v) is 4.81. The molecule has 0 fully saturated rings. The summed E-state index contributed by atoms with van der Waals surface area (Å²) < 4.78 is 32.5. The summed E-state index contributed by atoms with van der Waals surface area (Å²) in [6.07, 6.45) is 0.677. The second kappa shape index (κ2) is 4.73. The first kappa shape index (κ1) is 14.1. The topological polar surface area (TPSA) is 83.4 Å². The van der Waals surface area contributed by atoms with E-state index in [4.69, 9.17) is 4.42 Å². The van der Waals surface area contributed by atoms with Gasteiger partial charge >= 0.3 is 5.76 Å². The second-order valence-corrected chi connectivity index (χ2v) is 7.47. The quantitative estimate of drug-likeness (QED) is 0.781. The number of aromatic nitrogens is 1. The third-order valence-corrected chi connectivity index (χ3v) is 6.02. The summed E-state index contributed by atoms with van der Waals surface area (Å²) in [5.41, 5.74) is 2.42. The number of aromatic amines is 1. The molecular weight excluding hydrogens is 316 g/mol. The Hall–Kier alpha value is -2.54. The molecule has 2 aromatic carbocycles. The summed E-state index contributed by atoms with van der Waals surface area (Å²) in [6, 6.07) is 11.7. The van der Waals surface area contributed by atoms with Crippen LogP contribution in [-0.4, -0.2) is 19.4 Å².